The van der Waals surface area contributed by atoms with Gasteiger partial charge in [0.2, 0.25) is 0 Å². The van der Waals surface area contributed by atoms with Gasteiger partial charge in [0.05, 0.1) is 12.1 Å². The van der Waals surface area contributed by atoms with Gasteiger partial charge in [0.15, 0.2) is 5.69 Å². The lowest BCUT2D eigenvalue weighted by atomic mass is 10.1. The lowest BCUT2D eigenvalue weighted by Gasteiger charge is -2.29. The van der Waals surface area contributed by atoms with Crippen LogP contribution in [0.25, 0.3) is 0 Å². The number of hydrogen-bond acceptors (Lipinski definition) is 3. The van der Waals surface area contributed by atoms with E-state index in [1.54, 1.807) is 34.6 Å². The topological polar surface area (TPSA) is 56.2 Å². The summed E-state index contributed by atoms with van der Waals surface area (Å²) in [6.45, 7) is 8.81. The van der Waals surface area contributed by atoms with Crippen molar-refractivity contribution < 1.29 is 22.7 Å². The minimum absolute atomic E-state index is 0.117. The molecule has 5 nitrogen and oxygen atoms in total. The van der Waals surface area contributed by atoms with E-state index in [1.165, 1.54) is 4.68 Å². The van der Waals surface area contributed by atoms with Crippen molar-refractivity contribution in [2.24, 2.45) is 0 Å². The Morgan fingerprint density at radius 1 is 1.29 bits per heavy atom. The van der Waals surface area contributed by atoms with E-state index >= 15 is 0 Å². The molecule has 0 atom stereocenters. The lowest BCUT2D eigenvalue weighted by molar-refractivity contribution is -0.141. The molecule has 1 aromatic rings. The third kappa shape index (κ3) is 5.14. The summed E-state index contributed by atoms with van der Waals surface area (Å²) >= 11 is 0. The summed E-state index contributed by atoms with van der Waals surface area (Å²) < 4.78 is 45.3. The molecule has 0 unspecified atom stereocenters. The standard InChI is InChI=1S/C16H24F3N3O2/c1-14(2,3)24-13(23)20-15(4,5)9-22-11(10-6-7-10)8-12(21-22)16(17,18)19/h8,10H,6-7,9H2,1-5H3,(H,20,23). The van der Waals surface area contributed by atoms with Gasteiger partial charge in [0.1, 0.15) is 5.60 Å². The molecule has 24 heavy (non-hydrogen) atoms. The molecule has 1 N–H and O–H groups in total. The second-order valence-corrected chi connectivity index (χ2v) is 7.89. The Bertz CT molecular complexity index is 611. The molecule has 1 heterocycles. The zero-order valence-corrected chi connectivity index (χ0v) is 14.6. The van der Waals surface area contributed by atoms with Crippen LogP contribution in [0.1, 0.15) is 64.8 Å². The van der Waals surface area contributed by atoms with E-state index in [0.29, 0.717) is 5.69 Å². The van der Waals surface area contributed by atoms with Crippen LogP contribution in [0, 0.1) is 0 Å². The zero-order valence-electron chi connectivity index (χ0n) is 14.6. The number of carbonyl (C=O) groups is 1. The number of nitrogens with one attached hydrogen (secondary N) is 1. The predicted octanol–water partition coefficient (Wildman–Crippen LogP) is 4.08. The van der Waals surface area contributed by atoms with Gasteiger partial charge in [-0.15, -0.1) is 0 Å². The van der Waals surface area contributed by atoms with Crippen LogP contribution in [0.4, 0.5) is 18.0 Å². The van der Waals surface area contributed by atoms with Gasteiger partial charge in [-0.3, -0.25) is 4.68 Å². The van der Waals surface area contributed by atoms with Crippen LogP contribution >= 0.6 is 0 Å². The number of ether oxygens (including phenoxy) is 1. The van der Waals surface area contributed by atoms with Crippen molar-refractivity contribution in [3.63, 3.8) is 0 Å². The molecule has 1 saturated carbocycles. The first-order valence-corrected chi connectivity index (χ1v) is 7.93. The highest BCUT2D eigenvalue weighted by molar-refractivity contribution is 5.68. The van der Waals surface area contributed by atoms with Crippen molar-refractivity contribution in [1.82, 2.24) is 15.1 Å². The molecule has 1 fully saturated rings. The molecule has 0 aromatic carbocycles. The highest BCUT2D eigenvalue weighted by atomic mass is 19.4. The van der Waals surface area contributed by atoms with E-state index in [2.05, 4.69) is 10.4 Å². The third-order valence-corrected chi connectivity index (χ3v) is 3.48. The van der Waals surface area contributed by atoms with Crippen molar-refractivity contribution in [1.29, 1.82) is 0 Å². The molecule has 136 valence electrons. The maximum atomic E-state index is 12.9. The van der Waals surface area contributed by atoms with Gasteiger partial charge in [-0.05, 0) is 53.5 Å². The normalized spacial score (nSPS) is 16.2. The molecule has 1 aliphatic rings. The van der Waals surface area contributed by atoms with Gasteiger partial charge in [0, 0.05) is 11.6 Å². The van der Waals surface area contributed by atoms with Crippen LogP contribution < -0.4 is 5.32 Å². The number of alkyl halides is 3. The summed E-state index contributed by atoms with van der Waals surface area (Å²) in [5.41, 5.74) is -1.77. The molecule has 0 bridgehead atoms. The van der Waals surface area contributed by atoms with Crippen molar-refractivity contribution >= 4 is 6.09 Å². The second kappa shape index (κ2) is 5.97. The maximum absolute atomic E-state index is 12.9. The molecule has 1 amide bonds. The fourth-order valence-electron chi connectivity index (χ4n) is 2.40. The molecule has 0 spiro atoms. The average Bonchev–Trinajstić information content (AvgIpc) is 3.06. The van der Waals surface area contributed by atoms with Crippen LogP contribution in [0.15, 0.2) is 6.07 Å². The highest BCUT2D eigenvalue weighted by Gasteiger charge is 2.38. The Morgan fingerprint density at radius 2 is 1.88 bits per heavy atom. The number of hydrogen-bond donors (Lipinski definition) is 1. The van der Waals surface area contributed by atoms with Gasteiger partial charge in [-0.1, -0.05) is 0 Å². The molecule has 1 aliphatic carbocycles. The highest BCUT2D eigenvalue weighted by Crippen LogP contribution is 2.42. The van der Waals surface area contributed by atoms with Gasteiger partial charge in [-0.25, -0.2) is 4.79 Å². The third-order valence-electron chi connectivity index (χ3n) is 3.48. The van der Waals surface area contributed by atoms with Gasteiger partial charge in [-0.2, -0.15) is 18.3 Å². The van der Waals surface area contributed by atoms with Crippen LogP contribution in [0.2, 0.25) is 0 Å². The second-order valence-electron chi connectivity index (χ2n) is 7.89. The summed E-state index contributed by atoms with van der Waals surface area (Å²) in [4.78, 5) is 11.9. The summed E-state index contributed by atoms with van der Waals surface area (Å²) in [6, 6.07) is 1.11. The predicted molar refractivity (Wildman–Crippen MR) is 82.7 cm³/mol. The molecular weight excluding hydrogens is 323 g/mol. The van der Waals surface area contributed by atoms with Gasteiger partial charge < -0.3 is 10.1 Å². The first-order chi connectivity index (χ1) is 10.8. The van der Waals surface area contributed by atoms with Crippen LogP contribution in [-0.2, 0) is 17.5 Å². The minimum atomic E-state index is -4.47. The number of aromatic nitrogens is 2. The lowest BCUT2D eigenvalue weighted by Crippen LogP contribution is -2.48. The number of halogens is 3. The number of carbonyl (C=O) groups excluding carboxylic acids is 1. The first-order valence-electron chi connectivity index (χ1n) is 7.93. The molecule has 0 saturated heterocycles. The molecule has 1 aromatic heterocycles. The van der Waals surface area contributed by atoms with Crippen molar-refractivity contribution in [3.05, 3.63) is 17.5 Å². The molecular formula is C16H24F3N3O2. The Balaban J connectivity index is 2.14. The summed E-state index contributed by atoms with van der Waals surface area (Å²) in [7, 11) is 0. The Labute approximate surface area is 139 Å². The van der Waals surface area contributed by atoms with E-state index in [0.717, 1.165) is 18.9 Å². The molecule has 8 heteroatoms. The van der Waals surface area contributed by atoms with Crippen molar-refractivity contribution in [2.45, 2.75) is 77.2 Å². The SMILES string of the molecule is CC(C)(Cn1nc(C(F)(F)F)cc1C1CC1)NC(=O)OC(C)(C)C. The summed E-state index contributed by atoms with van der Waals surface area (Å²) in [6.07, 6.45) is -3.35. The minimum Gasteiger partial charge on any atom is -0.444 e. The molecule has 0 radical (unpaired) electrons. The number of rotatable bonds is 4. The smallest absolute Gasteiger partial charge is 0.435 e. The Hall–Kier alpha value is -1.73. The Kier molecular flexibility index (Phi) is 4.63. The maximum Gasteiger partial charge on any atom is 0.435 e. The first kappa shape index (κ1) is 18.6. The monoisotopic (exact) mass is 347 g/mol. The average molecular weight is 347 g/mol. The Morgan fingerprint density at radius 3 is 2.33 bits per heavy atom. The van der Waals surface area contributed by atoms with E-state index in [9.17, 15) is 18.0 Å². The fourth-order valence-corrected chi connectivity index (χ4v) is 2.40. The van der Waals surface area contributed by atoms with Gasteiger partial charge in [0.25, 0.3) is 0 Å². The van der Waals surface area contributed by atoms with E-state index in [1.807, 2.05) is 0 Å². The fraction of sp³-hybridized carbons (Fsp3) is 0.750. The summed E-state index contributed by atoms with van der Waals surface area (Å²) in [5, 5.41) is 6.40. The molecule has 0 aliphatic heterocycles. The quantitative estimate of drug-likeness (QED) is 0.893. The zero-order chi connectivity index (χ0) is 18.3. The van der Waals surface area contributed by atoms with E-state index < -0.39 is 29.1 Å². The number of nitrogens with zero attached hydrogens (tertiary/aromatic N) is 2. The largest absolute Gasteiger partial charge is 0.444 e. The number of alkyl carbamates (subject to hydrolysis) is 1. The molecule has 2 rings (SSSR count). The van der Waals surface area contributed by atoms with Crippen LogP contribution in [0.3, 0.4) is 0 Å². The van der Waals surface area contributed by atoms with Crippen LogP contribution in [0.5, 0.6) is 0 Å². The van der Waals surface area contributed by atoms with Crippen molar-refractivity contribution in [3.8, 4) is 0 Å². The van der Waals surface area contributed by atoms with E-state index in [4.69, 9.17) is 4.74 Å². The summed E-state index contributed by atoms with van der Waals surface area (Å²) in [5.74, 6) is 0.117. The number of amides is 1. The van der Waals surface area contributed by atoms with Crippen molar-refractivity contribution in [2.75, 3.05) is 0 Å². The van der Waals surface area contributed by atoms with E-state index in [-0.39, 0.29) is 12.5 Å². The van der Waals surface area contributed by atoms with Gasteiger partial charge >= 0.3 is 12.3 Å². The van der Waals surface area contributed by atoms with Crippen LogP contribution in [-0.4, -0.2) is 27.0 Å².